The highest BCUT2D eigenvalue weighted by Gasteiger charge is 2.32. The van der Waals surface area contributed by atoms with E-state index in [1.54, 1.807) is 18.6 Å². The zero-order valence-corrected chi connectivity index (χ0v) is 12.9. The number of fused-ring (bicyclic) bond motifs is 1. The van der Waals surface area contributed by atoms with Crippen LogP contribution in [0.1, 0.15) is 36.3 Å². The lowest BCUT2D eigenvalue weighted by Crippen LogP contribution is -2.28. The van der Waals surface area contributed by atoms with Gasteiger partial charge in [-0.3, -0.25) is 9.78 Å². The van der Waals surface area contributed by atoms with Crippen LogP contribution in [-0.2, 0) is 6.42 Å². The van der Waals surface area contributed by atoms with Gasteiger partial charge >= 0.3 is 0 Å². The number of aromatic nitrogens is 3. The Morgan fingerprint density at radius 2 is 2.00 bits per heavy atom. The SMILES string of the molecule is CC1(C)CC(=O)c2cnc(-c3cncc(Br)c3)nc2C1. The van der Waals surface area contributed by atoms with E-state index in [0.717, 1.165) is 22.2 Å². The van der Waals surface area contributed by atoms with Crippen molar-refractivity contribution in [3.05, 3.63) is 40.4 Å². The Bertz CT molecular complexity index is 697. The van der Waals surface area contributed by atoms with E-state index in [1.165, 1.54) is 0 Å². The number of hydrogen-bond acceptors (Lipinski definition) is 4. The molecule has 0 aromatic carbocycles. The van der Waals surface area contributed by atoms with Crippen LogP contribution in [0.15, 0.2) is 29.1 Å². The van der Waals surface area contributed by atoms with Crippen LogP contribution in [0.25, 0.3) is 11.4 Å². The fourth-order valence-electron chi connectivity index (χ4n) is 2.50. The van der Waals surface area contributed by atoms with Crippen LogP contribution < -0.4 is 0 Å². The van der Waals surface area contributed by atoms with E-state index >= 15 is 0 Å². The number of nitrogens with zero attached hydrogens (tertiary/aromatic N) is 3. The van der Waals surface area contributed by atoms with Gasteiger partial charge in [-0.25, -0.2) is 9.97 Å². The molecule has 0 bridgehead atoms. The molecule has 0 aliphatic heterocycles. The molecule has 102 valence electrons. The summed E-state index contributed by atoms with van der Waals surface area (Å²) in [4.78, 5) is 25.1. The molecule has 0 fully saturated rings. The molecular formula is C15H14BrN3O. The molecule has 2 aromatic heterocycles. The smallest absolute Gasteiger partial charge is 0.166 e. The molecule has 1 aliphatic carbocycles. The normalized spacial score (nSPS) is 16.9. The van der Waals surface area contributed by atoms with Crippen molar-refractivity contribution in [2.75, 3.05) is 0 Å². The second-order valence-electron chi connectivity index (χ2n) is 5.89. The first kappa shape index (κ1) is 13.4. The van der Waals surface area contributed by atoms with Crippen molar-refractivity contribution in [1.82, 2.24) is 15.0 Å². The van der Waals surface area contributed by atoms with E-state index < -0.39 is 0 Å². The Hall–Kier alpha value is -1.62. The maximum absolute atomic E-state index is 12.1. The Morgan fingerprint density at radius 3 is 2.75 bits per heavy atom. The molecule has 5 heteroatoms. The summed E-state index contributed by atoms with van der Waals surface area (Å²) < 4.78 is 0.882. The number of ketones is 1. The molecule has 3 rings (SSSR count). The average Bonchev–Trinajstić information content (AvgIpc) is 2.36. The molecule has 2 aromatic rings. The lowest BCUT2D eigenvalue weighted by molar-refractivity contribution is 0.0910. The van der Waals surface area contributed by atoms with Crippen molar-refractivity contribution in [2.45, 2.75) is 26.7 Å². The number of rotatable bonds is 1. The number of halogens is 1. The molecule has 2 heterocycles. The van der Waals surface area contributed by atoms with Crippen LogP contribution in [0, 0.1) is 5.41 Å². The fraction of sp³-hybridized carbons (Fsp3) is 0.333. The molecule has 4 nitrogen and oxygen atoms in total. The summed E-state index contributed by atoms with van der Waals surface area (Å²) in [6, 6.07) is 1.92. The Labute approximate surface area is 125 Å². The molecule has 1 aliphatic rings. The van der Waals surface area contributed by atoms with Crippen molar-refractivity contribution >= 4 is 21.7 Å². The lowest BCUT2D eigenvalue weighted by atomic mass is 9.76. The topological polar surface area (TPSA) is 55.7 Å². The minimum atomic E-state index is -0.0365. The van der Waals surface area contributed by atoms with Crippen LogP contribution in [0.5, 0.6) is 0 Å². The minimum absolute atomic E-state index is 0.0365. The predicted molar refractivity (Wildman–Crippen MR) is 79.4 cm³/mol. The highest BCUT2D eigenvalue weighted by atomic mass is 79.9. The lowest BCUT2D eigenvalue weighted by Gasteiger charge is -2.29. The predicted octanol–water partition coefficient (Wildman–Crippen LogP) is 3.46. The molecule has 0 radical (unpaired) electrons. The van der Waals surface area contributed by atoms with Gasteiger partial charge in [-0.15, -0.1) is 0 Å². The van der Waals surface area contributed by atoms with Gasteiger partial charge in [-0.05, 0) is 33.8 Å². The highest BCUT2D eigenvalue weighted by Crippen LogP contribution is 2.34. The van der Waals surface area contributed by atoms with Gasteiger partial charge in [0.05, 0.1) is 11.3 Å². The van der Waals surface area contributed by atoms with Crippen LogP contribution in [0.4, 0.5) is 0 Å². The molecule has 0 spiro atoms. The van der Waals surface area contributed by atoms with Gasteiger partial charge in [0.1, 0.15) is 0 Å². The largest absolute Gasteiger partial charge is 0.294 e. The Kier molecular flexibility index (Phi) is 3.17. The molecule has 0 atom stereocenters. The van der Waals surface area contributed by atoms with E-state index in [0.29, 0.717) is 17.8 Å². The standard InChI is InChI=1S/C15H14BrN3O/c1-15(2)4-12-11(13(20)5-15)8-18-14(19-12)9-3-10(16)7-17-6-9/h3,6-8H,4-5H2,1-2H3. The monoisotopic (exact) mass is 331 g/mol. The van der Waals surface area contributed by atoms with Gasteiger partial charge in [-0.1, -0.05) is 13.8 Å². The number of carbonyl (C=O) groups is 1. The van der Waals surface area contributed by atoms with Crippen LogP contribution in [-0.4, -0.2) is 20.7 Å². The van der Waals surface area contributed by atoms with Gasteiger partial charge in [0.15, 0.2) is 11.6 Å². The van der Waals surface area contributed by atoms with Gasteiger partial charge in [0, 0.05) is 35.0 Å². The van der Waals surface area contributed by atoms with E-state index in [1.807, 2.05) is 6.07 Å². The Morgan fingerprint density at radius 1 is 1.20 bits per heavy atom. The van der Waals surface area contributed by atoms with Crippen molar-refractivity contribution < 1.29 is 4.79 Å². The van der Waals surface area contributed by atoms with E-state index in [-0.39, 0.29) is 11.2 Å². The minimum Gasteiger partial charge on any atom is -0.294 e. The third-order valence-electron chi connectivity index (χ3n) is 3.42. The first-order valence-electron chi connectivity index (χ1n) is 6.45. The fourth-order valence-corrected chi connectivity index (χ4v) is 2.87. The van der Waals surface area contributed by atoms with Crippen molar-refractivity contribution in [3.63, 3.8) is 0 Å². The molecule has 0 N–H and O–H groups in total. The highest BCUT2D eigenvalue weighted by molar-refractivity contribution is 9.10. The number of pyridine rings is 1. The van der Waals surface area contributed by atoms with Crippen LogP contribution in [0.3, 0.4) is 0 Å². The zero-order chi connectivity index (χ0) is 14.3. The molecule has 0 unspecified atom stereocenters. The number of carbonyl (C=O) groups excluding carboxylic acids is 1. The average molecular weight is 332 g/mol. The van der Waals surface area contributed by atoms with Gasteiger partial charge in [0.25, 0.3) is 0 Å². The van der Waals surface area contributed by atoms with Crippen molar-refractivity contribution in [2.24, 2.45) is 5.41 Å². The van der Waals surface area contributed by atoms with E-state index in [2.05, 4.69) is 44.7 Å². The Balaban J connectivity index is 2.07. The third kappa shape index (κ3) is 2.50. The molecule has 0 amide bonds. The summed E-state index contributed by atoms with van der Waals surface area (Å²) >= 11 is 3.39. The number of hydrogen-bond donors (Lipinski definition) is 0. The van der Waals surface area contributed by atoms with Gasteiger partial charge in [-0.2, -0.15) is 0 Å². The summed E-state index contributed by atoms with van der Waals surface area (Å²) in [6.07, 6.45) is 6.44. The second-order valence-corrected chi connectivity index (χ2v) is 6.80. The van der Waals surface area contributed by atoms with Crippen molar-refractivity contribution in [1.29, 1.82) is 0 Å². The maximum Gasteiger partial charge on any atom is 0.166 e. The first-order valence-corrected chi connectivity index (χ1v) is 7.24. The summed E-state index contributed by atoms with van der Waals surface area (Å²) in [7, 11) is 0. The van der Waals surface area contributed by atoms with E-state index in [4.69, 9.17) is 0 Å². The second kappa shape index (κ2) is 4.74. The van der Waals surface area contributed by atoms with Crippen LogP contribution >= 0.6 is 15.9 Å². The summed E-state index contributed by atoms with van der Waals surface area (Å²) in [6.45, 7) is 4.19. The maximum atomic E-state index is 12.1. The third-order valence-corrected chi connectivity index (χ3v) is 3.85. The number of Topliss-reactive ketones (excluding diaryl/α,β-unsaturated/α-hetero) is 1. The molecule has 20 heavy (non-hydrogen) atoms. The summed E-state index contributed by atoms with van der Waals surface area (Å²) in [5, 5.41) is 0. The molecular weight excluding hydrogens is 318 g/mol. The zero-order valence-electron chi connectivity index (χ0n) is 11.4. The summed E-state index contributed by atoms with van der Waals surface area (Å²) in [5.74, 6) is 0.748. The van der Waals surface area contributed by atoms with Crippen LogP contribution in [0.2, 0.25) is 0 Å². The van der Waals surface area contributed by atoms with E-state index in [9.17, 15) is 4.79 Å². The van der Waals surface area contributed by atoms with Gasteiger partial charge in [0.2, 0.25) is 0 Å². The first-order chi connectivity index (χ1) is 9.44. The van der Waals surface area contributed by atoms with Crippen molar-refractivity contribution in [3.8, 4) is 11.4 Å². The van der Waals surface area contributed by atoms with Gasteiger partial charge < -0.3 is 0 Å². The molecule has 0 saturated heterocycles. The molecule has 0 saturated carbocycles. The summed E-state index contributed by atoms with van der Waals surface area (Å²) in [5.41, 5.74) is 2.32. The quantitative estimate of drug-likeness (QED) is 0.802.